The molecule has 26 heavy (non-hydrogen) atoms. The van der Waals surface area contributed by atoms with Crippen LogP contribution in [0.25, 0.3) is 21.3 Å². The summed E-state index contributed by atoms with van der Waals surface area (Å²) in [5.41, 5.74) is 3.54. The van der Waals surface area contributed by atoms with E-state index in [2.05, 4.69) is 29.1 Å². The van der Waals surface area contributed by atoms with Crippen molar-refractivity contribution in [1.29, 1.82) is 0 Å². The van der Waals surface area contributed by atoms with Crippen LogP contribution in [0.2, 0.25) is 0 Å². The summed E-state index contributed by atoms with van der Waals surface area (Å²) in [5, 5.41) is 13.3. The molecule has 1 amide bonds. The fraction of sp³-hybridized carbons (Fsp3) is 0.350. The number of rotatable bonds is 4. The lowest BCUT2D eigenvalue weighted by Gasteiger charge is -2.06. The Morgan fingerprint density at radius 3 is 2.85 bits per heavy atom. The molecule has 1 aliphatic carbocycles. The van der Waals surface area contributed by atoms with Crippen LogP contribution in [0.1, 0.15) is 30.8 Å². The predicted molar refractivity (Wildman–Crippen MR) is 103 cm³/mol. The standard InChI is InChI=1S/C20H21N3O2S/c1-11-6-14(17(24)10-22-11)13-4-5-21-16-7-12(26-18(13)16)9-23-19(25)15-8-20(15,2)3/h4-7,10,15,24H,8-9H2,1-3H3,(H,23,25). The molecule has 0 aliphatic heterocycles. The molecule has 0 radical (unpaired) electrons. The van der Waals surface area contributed by atoms with Crippen molar-refractivity contribution < 1.29 is 9.90 Å². The van der Waals surface area contributed by atoms with Gasteiger partial charge in [-0.05, 0) is 37.0 Å². The number of nitrogens with zero attached hydrogens (tertiary/aromatic N) is 2. The fourth-order valence-corrected chi connectivity index (χ4v) is 4.35. The van der Waals surface area contributed by atoms with Gasteiger partial charge in [0.05, 0.1) is 23.0 Å². The molecule has 0 aromatic carbocycles. The van der Waals surface area contributed by atoms with Crippen LogP contribution in [-0.2, 0) is 11.3 Å². The molecule has 0 saturated heterocycles. The number of amides is 1. The Morgan fingerprint density at radius 2 is 2.12 bits per heavy atom. The van der Waals surface area contributed by atoms with Crippen LogP contribution in [0.3, 0.4) is 0 Å². The number of hydrogen-bond acceptors (Lipinski definition) is 5. The van der Waals surface area contributed by atoms with Gasteiger partial charge in [-0.3, -0.25) is 14.8 Å². The van der Waals surface area contributed by atoms with E-state index in [1.165, 1.54) is 6.20 Å². The second-order valence-electron chi connectivity index (χ2n) is 7.59. The first-order valence-corrected chi connectivity index (χ1v) is 9.48. The minimum Gasteiger partial charge on any atom is -0.506 e. The Hall–Kier alpha value is -2.47. The summed E-state index contributed by atoms with van der Waals surface area (Å²) in [5.74, 6) is 0.410. The van der Waals surface area contributed by atoms with Crippen LogP contribution >= 0.6 is 11.3 Å². The molecule has 1 atom stereocenters. The van der Waals surface area contributed by atoms with Gasteiger partial charge < -0.3 is 10.4 Å². The predicted octanol–water partition coefficient (Wildman–Crippen LogP) is 4.03. The van der Waals surface area contributed by atoms with Gasteiger partial charge >= 0.3 is 0 Å². The number of aromatic nitrogens is 2. The van der Waals surface area contributed by atoms with Crippen molar-refractivity contribution in [2.24, 2.45) is 11.3 Å². The van der Waals surface area contributed by atoms with Gasteiger partial charge in [-0.2, -0.15) is 0 Å². The van der Waals surface area contributed by atoms with Crippen molar-refractivity contribution in [3.8, 4) is 16.9 Å². The number of hydrogen-bond donors (Lipinski definition) is 2. The van der Waals surface area contributed by atoms with E-state index in [1.54, 1.807) is 17.5 Å². The highest BCUT2D eigenvalue weighted by molar-refractivity contribution is 7.19. The van der Waals surface area contributed by atoms with Crippen molar-refractivity contribution in [2.75, 3.05) is 0 Å². The average Bonchev–Trinajstić information content (AvgIpc) is 3.04. The SMILES string of the molecule is Cc1cc(-c2ccnc3cc(CNC(=O)C4CC4(C)C)sc23)c(O)cn1. The molecular formula is C20H21N3O2S. The van der Waals surface area contributed by atoms with Gasteiger partial charge in [0.1, 0.15) is 5.75 Å². The average molecular weight is 367 g/mol. The molecule has 2 N–H and O–H groups in total. The van der Waals surface area contributed by atoms with Crippen LogP contribution in [0.4, 0.5) is 0 Å². The van der Waals surface area contributed by atoms with Crippen molar-refractivity contribution in [2.45, 2.75) is 33.7 Å². The monoisotopic (exact) mass is 367 g/mol. The number of nitrogens with one attached hydrogen (secondary N) is 1. The zero-order valence-electron chi connectivity index (χ0n) is 15.0. The van der Waals surface area contributed by atoms with E-state index in [0.717, 1.165) is 38.3 Å². The summed E-state index contributed by atoms with van der Waals surface area (Å²) in [6.45, 7) is 6.65. The number of aryl methyl sites for hydroxylation is 1. The van der Waals surface area contributed by atoms with Gasteiger partial charge in [0.25, 0.3) is 0 Å². The summed E-state index contributed by atoms with van der Waals surface area (Å²) >= 11 is 1.60. The summed E-state index contributed by atoms with van der Waals surface area (Å²) in [7, 11) is 0. The molecule has 1 fully saturated rings. The lowest BCUT2D eigenvalue weighted by Crippen LogP contribution is -2.25. The first-order chi connectivity index (χ1) is 12.3. The molecule has 3 heterocycles. The van der Waals surface area contributed by atoms with Gasteiger partial charge in [0, 0.05) is 33.8 Å². The zero-order valence-corrected chi connectivity index (χ0v) is 15.9. The van der Waals surface area contributed by atoms with E-state index in [1.807, 2.05) is 25.1 Å². The molecular weight excluding hydrogens is 346 g/mol. The molecule has 3 aromatic rings. The summed E-state index contributed by atoms with van der Waals surface area (Å²) in [4.78, 5) is 21.8. The van der Waals surface area contributed by atoms with Crippen molar-refractivity contribution in [1.82, 2.24) is 15.3 Å². The quantitative estimate of drug-likeness (QED) is 0.730. The Balaban J connectivity index is 1.62. The molecule has 3 aromatic heterocycles. The normalized spacial score (nSPS) is 18.0. The van der Waals surface area contributed by atoms with Gasteiger partial charge in [-0.15, -0.1) is 11.3 Å². The molecule has 1 saturated carbocycles. The Kier molecular flexibility index (Phi) is 3.95. The van der Waals surface area contributed by atoms with Gasteiger partial charge in [0.2, 0.25) is 5.91 Å². The van der Waals surface area contributed by atoms with Crippen molar-refractivity contribution in [3.05, 3.63) is 41.2 Å². The molecule has 6 heteroatoms. The maximum absolute atomic E-state index is 12.2. The summed E-state index contributed by atoms with van der Waals surface area (Å²) in [6, 6.07) is 5.79. The number of fused-ring (bicyclic) bond motifs is 1. The molecule has 1 aliphatic rings. The van der Waals surface area contributed by atoms with E-state index in [-0.39, 0.29) is 23.0 Å². The van der Waals surface area contributed by atoms with Gasteiger partial charge in [-0.25, -0.2) is 0 Å². The Morgan fingerprint density at radius 1 is 1.35 bits per heavy atom. The van der Waals surface area contributed by atoms with Crippen LogP contribution in [-0.4, -0.2) is 21.0 Å². The van der Waals surface area contributed by atoms with Crippen LogP contribution < -0.4 is 5.32 Å². The molecule has 134 valence electrons. The highest BCUT2D eigenvalue weighted by atomic mass is 32.1. The molecule has 1 unspecified atom stereocenters. The smallest absolute Gasteiger partial charge is 0.223 e. The van der Waals surface area contributed by atoms with Gasteiger partial charge in [0.15, 0.2) is 0 Å². The summed E-state index contributed by atoms with van der Waals surface area (Å²) < 4.78 is 1.00. The van der Waals surface area contributed by atoms with E-state index >= 15 is 0 Å². The topological polar surface area (TPSA) is 75.1 Å². The summed E-state index contributed by atoms with van der Waals surface area (Å²) in [6.07, 6.45) is 4.18. The highest BCUT2D eigenvalue weighted by Gasteiger charge is 2.50. The highest BCUT2D eigenvalue weighted by Crippen LogP contribution is 2.51. The fourth-order valence-electron chi connectivity index (χ4n) is 3.27. The van der Waals surface area contributed by atoms with Crippen LogP contribution in [0.5, 0.6) is 5.75 Å². The van der Waals surface area contributed by atoms with Crippen molar-refractivity contribution in [3.63, 3.8) is 0 Å². The zero-order chi connectivity index (χ0) is 18.5. The lowest BCUT2D eigenvalue weighted by molar-refractivity contribution is -0.123. The van der Waals surface area contributed by atoms with Crippen LogP contribution in [0, 0.1) is 18.3 Å². The third-order valence-electron chi connectivity index (χ3n) is 5.04. The second kappa shape index (κ2) is 6.06. The number of thiophene rings is 1. The third-order valence-corrected chi connectivity index (χ3v) is 6.20. The van der Waals surface area contributed by atoms with E-state index in [0.29, 0.717) is 6.54 Å². The number of pyridine rings is 2. The third kappa shape index (κ3) is 3.05. The van der Waals surface area contributed by atoms with Crippen LogP contribution in [0.15, 0.2) is 30.6 Å². The first kappa shape index (κ1) is 17.0. The first-order valence-electron chi connectivity index (χ1n) is 8.66. The van der Waals surface area contributed by atoms with Gasteiger partial charge in [-0.1, -0.05) is 13.8 Å². The maximum atomic E-state index is 12.2. The van der Waals surface area contributed by atoms with E-state index < -0.39 is 0 Å². The number of carbonyl (C=O) groups is 1. The number of aromatic hydroxyl groups is 1. The molecule has 5 nitrogen and oxygen atoms in total. The lowest BCUT2D eigenvalue weighted by atomic mass is 10.1. The number of carbonyl (C=O) groups excluding carboxylic acids is 1. The van der Waals surface area contributed by atoms with E-state index in [9.17, 15) is 9.90 Å². The minimum absolute atomic E-state index is 0.127. The van der Waals surface area contributed by atoms with E-state index in [4.69, 9.17) is 0 Å². The molecule has 0 bridgehead atoms. The largest absolute Gasteiger partial charge is 0.506 e. The minimum atomic E-state index is 0.127. The Bertz CT molecular complexity index is 1010. The van der Waals surface area contributed by atoms with Crippen molar-refractivity contribution >= 4 is 27.5 Å². The Labute approximate surface area is 156 Å². The maximum Gasteiger partial charge on any atom is 0.223 e. The molecule has 0 spiro atoms. The second-order valence-corrected chi connectivity index (χ2v) is 8.73. The molecule has 4 rings (SSSR count).